The van der Waals surface area contributed by atoms with E-state index < -0.39 is 15.8 Å². The number of carboxylic acid groups (broad SMARTS) is 1. The molecule has 0 heterocycles. The van der Waals surface area contributed by atoms with Gasteiger partial charge in [-0.25, -0.2) is 13.2 Å². The van der Waals surface area contributed by atoms with Gasteiger partial charge in [-0.1, -0.05) is 6.42 Å². The minimum Gasteiger partial charge on any atom is -0.478 e. The molecule has 0 saturated heterocycles. The van der Waals surface area contributed by atoms with Gasteiger partial charge in [-0.05, 0) is 47.0 Å². The zero-order chi connectivity index (χ0) is 14.5. The standard InChI is InChI=1S/C12H15BrO5S/c13-11-5-4-9(8-10(11)12(15)16)19(17,18)7-3-1-2-6-14/h4-5,8,14H,1-3,6-7H2,(H,15,16). The van der Waals surface area contributed by atoms with Gasteiger partial charge in [0.2, 0.25) is 0 Å². The summed E-state index contributed by atoms with van der Waals surface area (Å²) in [6.07, 6.45) is 1.63. The minimum atomic E-state index is -3.48. The van der Waals surface area contributed by atoms with Gasteiger partial charge in [-0.2, -0.15) is 0 Å². The van der Waals surface area contributed by atoms with Crippen molar-refractivity contribution in [1.29, 1.82) is 0 Å². The first-order valence-electron chi connectivity index (χ1n) is 5.75. The molecule has 0 aliphatic rings. The highest BCUT2D eigenvalue weighted by molar-refractivity contribution is 9.10. The number of unbranched alkanes of at least 4 members (excludes halogenated alkanes) is 2. The molecule has 0 aliphatic carbocycles. The van der Waals surface area contributed by atoms with Crippen LogP contribution < -0.4 is 0 Å². The van der Waals surface area contributed by atoms with Crippen molar-refractivity contribution >= 4 is 31.7 Å². The second-order valence-electron chi connectivity index (χ2n) is 4.05. The van der Waals surface area contributed by atoms with Crippen molar-refractivity contribution in [2.45, 2.75) is 24.2 Å². The number of aliphatic hydroxyl groups excluding tert-OH is 1. The SMILES string of the molecule is O=C(O)c1cc(S(=O)(=O)CCCCCO)ccc1Br. The Balaban J connectivity index is 2.89. The molecule has 0 bridgehead atoms. The largest absolute Gasteiger partial charge is 0.478 e. The van der Waals surface area contributed by atoms with Crippen LogP contribution >= 0.6 is 15.9 Å². The van der Waals surface area contributed by atoms with Crippen LogP contribution in [-0.2, 0) is 9.84 Å². The highest BCUT2D eigenvalue weighted by Crippen LogP contribution is 2.22. The lowest BCUT2D eigenvalue weighted by atomic mass is 10.2. The third-order valence-electron chi connectivity index (χ3n) is 2.60. The Kier molecular flexibility index (Phi) is 5.96. The molecule has 7 heteroatoms. The normalized spacial score (nSPS) is 11.5. The van der Waals surface area contributed by atoms with E-state index in [1.807, 2.05) is 0 Å². The van der Waals surface area contributed by atoms with Gasteiger partial charge in [-0.15, -0.1) is 0 Å². The van der Waals surface area contributed by atoms with Crippen molar-refractivity contribution in [3.63, 3.8) is 0 Å². The molecule has 0 spiro atoms. The number of aliphatic hydroxyl groups is 1. The Bertz CT molecular complexity index is 553. The highest BCUT2D eigenvalue weighted by Gasteiger charge is 2.17. The van der Waals surface area contributed by atoms with Crippen molar-refractivity contribution in [2.75, 3.05) is 12.4 Å². The van der Waals surface area contributed by atoms with E-state index in [1.165, 1.54) is 12.1 Å². The lowest BCUT2D eigenvalue weighted by molar-refractivity contribution is 0.0695. The van der Waals surface area contributed by atoms with Gasteiger partial charge in [-0.3, -0.25) is 0 Å². The smallest absolute Gasteiger partial charge is 0.336 e. The minimum absolute atomic E-state index is 0.0112. The Hall–Kier alpha value is -0.920. The van der Waals surface area contributed by atoms with Crippen LogP contribution in [-0.4, -0.2) is 37.0 Å². The lowest BCUT2D eigenvalue weighted by Gasteiger charge is -2.06. The average Bonchev–Trinajstić information content (AvgIpc) is 2.34. The number of rotatable bonds is 7. The highest BCUT2D eigenvalue weighted by atomic mass is 79.9. The van der Waals surface area contributed by atoms with Crippen LogP contribution in [0.1, 0.15) is 29.6 Å². The molecule has 1 rings (SSSR count). The number of halogens is 1. The van der Waals surface area contributed by atoms with E-state index >= 15 is 0 Å². The van der Waals surface area contributed by atoms with E-state index in [0.717, 1.165) is 6.07 Å². The van der Waals surface area contributed by atoms with Crippen LogP contribution in [0, 0.1) is 0 Å². The van der Waals surface area contributed by atoms with Crippen molar-refractivity contribution < 1.29 is 23.4 Å². The van der Waals surface area contributed by atoms with E-state index in [4.69, 9.17) is 10.2 Å². The van der Waals surface area contributed by atoms with Crippen molar-refractivity contribution in [3.8, 4) is 0 Å². The van der Waals surface area contributed by atoms with Crippen molar-refractivity contribution in [2.24, 2.45) is 0 Å². The van der Waals surface area contributed by atoms with Gasteiger partial charge in [0, 0.05) is 11.1 Å². The summed E-state index contributed by atoms with van der Waals surface area (Å²) in [5.41, 5.74) is -0.0727. The monoisotopic (exact) mass is 350 g/mol. The molecule has 1 aromatic rings. The van der Waals surface area contributed by atoms with Gasteiger partial charge in [0.25, 0.3) is 0 Å². The van der Waals surface area contributed by atoms with E-state index in [-0.39, 0.29) is 22.8 Å². The van der Waals surface area contributed by atoms with Crippen molar-refractivity contribution in [3.05, 3.63) is 28.2 Å². The number of carbonyl (C=O) groups is 1. The Labute approximate surface area is 120 Å². The zero-order valence-electron chi connectivity index (χ0n) is 10.2. The third-order valence-corrected chi connectivity index (χ3v) is 5.09. The summed E-state index contributed by atoms with van der Waals surface area (Å²) in [6, 6.07) is 3.97. The Morgan fingerprint density at radius 2 is 1.89 bits per heavy atom. The first-order valence-corrected chi connectivity index (χ1v) is 8.19. The zero-order valence-corrected chi connectivity index (χ0v) is 12.6. The molecule has 0 amide bonds. The Morgan fingerprint density at radius 3 is 2.47 bits per heavy atom. The average molecular weight is 351 g/mol. The van der Waals surface area contributed by atoms with Crippen LogP contribution in [0.2, 0.25) is 0 Å². The maximum absolute atomic E-state index is 12.0. The molecule has 0 unspecified atom stereocenters. The molecule has 0 atom stereocenters. The van der Waals surface area contributed by atoms with E-state index in [0.29, 0.717) is 23.7 Å². The molecular weight excluding hydrogens is 336 g/mol. The molecule has 0 fully saturated rings. The fourth-order valence-corrected chi connectivity index (χ4v) is 3.37. The first kappa shape index (κ1) is 16.1. The molecule has 0 aliphatic heterocycles. The Morgan fingerprint density at radius 1 is 1.21 bits per heavy atom. The third kappa shape index (κ3) is 4.59. The number of sulfone groups is 1. The van der Waals surface area contributed by atoms with Crippen LogP contribution in [0.3, 0.4) is 0 Å². The summed E-state index contributed by atoms with van der Waals surface area (Å²) in [5.74, 6) is -1.22. The topological polar surface area (TPSA) is 91.7 Å². The number of carboxylic acids is 1. The van der Waals surface area contributed by atoms with E-state index in [9.17, 15) is 13.2 Å². The fourth-order valence-electron chi connectivity index (χ4n) is 1.56. The summed E-state index contributed by atoms with van der Waals surface area (Å²) >= 11 is 3.07. The maximum Gasteiger partial charge on any atom is 0.336 e. The second kappa shape index (κ2) is 7.02. The molecule has 0 aromatic heterocycles. The van der Waals surface area contributed by atoms with E-state index in [2.05, 4.69) is 15.9 Å². The van der Waals surface area contributed by atoms with Crippen LogP contribution in [0.5, 0.6) is 0 Å². The van der Waals surface area contributed by atoms with Gasteiger partial charge in [0.15, 0.2) is 9.84 Å². The fraction of sp³-hybridized carbons (Fsp3) is 0.417. The maximum atomic E-state index is 12.0. The summed E-state index contributed by atoms with van der Waals surface area (Å²) < 4.78 is 24.4. The molecule has 5 nitrogen and oxygen atoms in total. The predicted octanol–water partition coefficient (Wildman–Crippen LogP) is 2.08. The molecule has 0 saturated carbocycles. The second-order valence-corrected chi connectivity index (χ2v) is 7.01. The molecule has 1 aromatic carbocycles. The quantitative estimate of drug-likeness (QED) is 0.734. The van der Waals surface area contributed by atoms with Gasteiger partial charge in [0.05, 0.1) is 16.2 Å². The summed E-state index contributed by atoms with van der Waals surface area (Å²) in [7, 11) is -3.48. The van der Waals surface area contributed by atoms with E-state index in [1.54, 1.807) is 0 Å². The van der Waals surface area contributed by atoms with Crippen LogP contribution in [0.25, 0.3) is 0 Å². The number of benzene rings is 1. The number of hydrogen-bond acceptors (Lipinski definition) is 4. The summed E-state index contributed by atoms with van der Waals surface area (Å²) in [5, 5.41) is 17.6. The molecular formula is C12H15BrO5S. The summed E-state index contributed by atoms with van der Waals surface area (Å²) in [4.78, 5) is 11.0. The predicted molar refractivity (Wildman–Crippen MR) is 74.1 cm³/mol. The van der Waals surface area contributed by atoms with Gasteiger partial charge < -0.3 is 10.2 Å². The summed E-state index contributed by atoms with van der Waals surface area (Å²) in [6.45, 7) is 0.0431. The number of hydrogen-bond donors (Lipinski definition) is 2. The lowest BCUT2D eigenvalue weighted by Crippen LogP contribution is -2.09. The number of aromatic carboxylic acids is 1. The van der Waals surface area contributed by atoms with Crippen molar-refractivity contribution in [1.82, 2.24) is 0 Å². The molecule has 19 heavy (non-hydrogen) atoms. The van der Waals surface area contributed by atoms with Crippen LogP contribution in [0.4, 0.5) is 0 Å². The molecule has 0 radical (unpaired) electrons. The first-order chi connectivity index (χ1) is 8.88. The van der Waals surface area contributed by atoms with Gasteiger partial charge in [0.1, 0.15) is 0 Å². The molecule has 2 N–H and O–H groups in total. The molecule has 106 valence electrons. The van der Waals surface area contributed by atoms with Crippen LogP contribution in [0.15, 0.2) is 27.6 Å². The van der Waals surface area contributed by atoms with Gasteiger partial charge >= 0.3 is 5.97 Å².